The molecule has 0 aromatic heterocycles. The zero-order valence-corrected chi connectivity index (χ0v) is 13.4. The Hall–Kier alpha value is -2.34. The second kappa shape index (κ2) is 6.19. The molecular weight excluding hydrogens is 302 g/mol. The number of sulfonamides is 1. The maximum Gasteiger partial charge on any atom is 0.338 e. The summed E-state index contributed by atoms with van der Waals surface area (Å²) in [6.07, 6.45) is 0. The largest absolute Gasteiger partial charge is 0.465 e. The van der Waals surface area contributed by atoms with Crippen molar-refractivity contribution in [2.45, 2.75) is 18.7 Å². The van der Waals surface area contributed by atoms with Crippen molar-refractivity contribution in [2.24, 2.45) is 0 Å². The van der Waals surface area contributed by atoms with Crippen LogP contribution < -0.4 is 4.72 Å². The number of carbonyl (C=O) groups excluding carboxylic acids is 1. The number of aryl methyl sites for hydroxylation is 2. The first-order valence-electron chi connectivity index (χ1n) is 6.62. The summed E-state index contributed by atoms with van der Waals surface area (Å²) >= 11 is 0. The summed E-state index contributed by atoms with van der Waals surface area (Å²) in [5, 5.41) is 0. The van der Waals surface area contributed by atoms with Crippen LogP contribution in [0.5, 0.6) is 0 Å². The van der Waals surface area contributed by atoms with Crippen molar-refractivity contribution < 1.29 is 17.9 Å². The van der Waals surface area contributed by atoms with Crippen LogP contribution in [0, 0.1) is 13.8 Å². The monoisotopic (exact) mass is 319 g/mol. The zero-order valence-electron chi connectivity index (χ0n) is 12.6. The van der Waals surface area contributed by atoms with E-state index in [-0.39, 0.29) is 4.90 Å². The molecule has 0 unspecified atom stereocenters. The fourth-order valence-corrected chi connectivity index (χ4v) is 3.00. The fourth-order valence-electron chi connectivity index (χ4n) is 1.95. The molecule has 0 aliphatic heterocycles. The Morgan fingerprint density at radius 2 is 1.68 bits per heavy atom. The number of benzene rings is 2. The first-order chi connectivity index (χ1) is 10.3. The van der Waals surface area contributed by atoms with Crippen LogP contribution in [0.2, 0.25) is 0 Å². The number of hydrogen-bond acceptors (Lipinski definition) is 4. The van der Waals surface area contributed by atoms with Gasteiger partial charge in [0.05, 0.1) is 17.6 Å². The molecule has 0 spiro atoms. The Kier molecular flexibility index (Phi) is 4.51. The second-order valence-electron chi connectivity index (χ2n) is 4.94. The molecule has 1 N–H and O–H groups in total. The highest BCUT2D eigenvalue weighted by Gasteiger charge is 2.16. The number of anilines is 1. The van der Waals surface area contributed by atoms with E-state index in [4.69, 9.17) is 0 Å². The van der Waals surface area contributed by atoms with Crippen LogP contribution in [0.4, 0.5) is 5.69 Å². The lowest BCUT2D eigenvalue weighted by Crippen LogP contribution is -2.14. The first kappa shape index (κ1) is 16.0. The third-order valence-corrected chi connectivity index (χ3v) is 4.62. The summed E-state index contributed by atoms with van der Waals surface area (Å²) in [5.41, 5.74) is 2.32. The minimum absolute atomic E-state index is 0.165. The van der Waals surface area contributed by atoms with Crippen molar-refractivity contribution in [1.82, 2.24) is 0 Å². The van der Waals surface area contributed by atoms with Gasteiger partial charge in [-0.1, -0.05) is 23.8 Å². The van der Waals surface area contributed by atoms with Gasteiger partial charge in [0.15, 0.2) is 0 Å². The summed E-state index contributed by atoms with van der Waals surface area (Å²) in [5.74, 6) is -0.506. The normalized spacial score (nSPS) is 11.0. The van der Waals surface area contributed by atoms with Gasteiger partial charge in [-0.2, -0.15) is 0 Å². The fraction of sp³-hybridized carbons (Fsp3) is 0.188. The highest BCUT2D eigenvalue weighted by Crippen LogP contribution is 2.20. The van der Waals surface area contributed by atoms with Crippen molar-refractivity contribution in [2.75, 3.05) is 11.8 Å². The molecule has 6 heteroatoms. The molecule has 2 aromatic rings. The minimum Gasteiger partial charge on any atom is -0.465 e. The molecule has 0 bridgehead atoms. The molecule has 0 radical (unpaired) electrons. The number of carbonyl (C=O) groups is 1. The summed E-state index contributed by atoms with van der Waals surface area (Å²) < 4.78 is 31.8. The molecule has 0 heterocycles. The summed E-state index contributed by atoms with van der Waals surface area (Å²) in [7, 11) is -2.41. The van der Waals surface area contributed by atoms with Gasteiger partial charge in [0.2, 0.25) is 0 Å². The van der Waals surface area contributed by atoms with Crippen LogP contribution in [-0.4, -0.2) is 21.5 Å². The first-order valence-corrected chi connectivity index (χ1v) is 8.10. The molecule has 2 rings (SSSR count). The molecule has 0 aliphatic carbocycles. The summed E-state index contributed by atoms with van der Waals surface area (Å²) in [4.78, 5) is 11.8. The van der Waals surface area contributed by atoms with E-state index in [1.165, 1.54) is 25.3 Å². The van der Waals surface area contributed by atoms with Crippen LogP contribution >= 0.6 is 0 Å². The lowest BCUT2D eigenvalue weighted by atomic mass is 10.1. The Bertz CT molecular complexity index is 795. The molecule has 0 amide bonds. The van der Waals surface area contributed by atoms with E-state index in [9.17, 15) is 13.2 Å². The van der Waals surface area contributed by atoms with E-state index in [1.807, 2.05) is 6.92 Å². The van der Waals surface area contributed by atoms with Gasteiger partial charge in [0.1, 0.15) is 0 Å². The molecule has 0 saturated heterocycles. The Morgan fingerprint density at radius 3 is 2.27 bits per heavy atom. The van der Waals surface area contributed by atoms with Gasteiger partial charge >= 0.3 is 5.97 Å². The van der Waals surface area contributed by atoms with Crippen LogP contribution in [0.25, 0.3) is 0 Å². The second-order valence-corrected chi connectivity index (χ2v) is 6.62. The van der Waals surface area contributed by atoms with Crippen molar-refractivity contribution >= 4 is 21.7 Å². The van der Waals surface area contributed by atoms with Gasteiger partial charge in [0.25, 0.3) is 10.0 Å². The molecule has 22 heavy (non-hydrogen) atoms. The number of methoxy groups -OCH3 is 1. The zero-order chi connectivity index (χ0) is 16.3. The van der Waals surface area contributed by atoms with E-state index in [0.29, 0.717) is 16.8 Å². The van der Waals surface area contributed by atoms with E-state index in [1.54, 1.807) is 31.2 Å². The molecule has 0 aliphatic rings. The molecule has 0 fully saturated rings. The quantitative estimate of drug-likeness (QED) is 0.880. The standard InChI is InChI=1S/C16H17NO4S/c1-11-4-8-14(9-5-11)22(19,20)17-13-7-6-12(2)15(10-13)16(18)21-3/h4-10,17H,1-3H3. The third-order valence-electron chi connectivity index (χ3n) is 3.23. The smallest absolute Gasteiger partial charge is 0.338 e. The van der Waals surface area contributed by atoms with Crippen molar-refractivity contribution in [1.29, 1.82) is 0 Å². The maximum absolute atomic E-state index is 12.3. The van der Waals surface area contributed by atoms with Gasteiger partial charge in [0, 0.05) is 5.69 Å². The third kappa shape index (κ3) is 3.46. The Morgan fingerprint density at radius 1 is 1.05 bits per heavy atom. The molecule has 2 aromatic carbocycles. The van der Waals surface area contributed by atoms with E-state index in [0.717, 1.165) is 5.56 Å². The van der Waals surface area contributed by atoms with Crippen LogP contribution in [-0.2, 0) is 14.8 Å². The average molecular weight is 319 g/mol. The van der Waals surface area contributed by atoms with Crippen LogP contribution in [0.3, 0.4) is 0 Å². The van der Waals surface area contributed by atoms with Gasteiger partial charge in [-0.15, -0.1) is 0 Å². The predicted molar refractivity (Wildman–Crippen MR) is 84.5 cm³/mol. The molecule has 0 saturated carbocycles. The number of nitrogens with one attached hydrogen (secondary N) is 1. The summed E-state index contributed by atoms with van der Waals surface area (Å²) in [6, 6.07) is 11.3. The molecule has 116 valence electrons. The lowest BCUT2D eigenvalue weighted by molar-refractivity contribution is 0.0600. The van der Waals surface area contributed by atoms with Gasteiger partial charge < -0.3 is 4.74 Å². The number of hydrogen-bond donors (Lipinski definition) is 1. The Labute approximate surface area is 130 Å². The summed E-state index contributed by atoms with van der Waals surface area (Å²) in [6.45, 7) is 3.64. The molecule has 0 atom stereocenters. The Balaban J connectivity index is 2.34. The molecule has 5 nitrogen and oxygen atoms in total. The van der Waals surface area contributed by atoms with E-state index in [2.05, 4.69) is 9.46 Å². The lowest BCUT2D eigenvalue weighted by Gasteiger charge is -2.11. The topological polar surface area (TPSA) is 72.5 Å². The average Bonchev–Trinajstić information content (AvgIpc) is 2.48. The van der Waals surface area contributed by atoms with E-state index < -0.39 is 16.0 Å². The van der Waals surface area contributed by atoms with Crippen LogP contribution in [0.15, 0.2) is 47.4 Å². The van der Waals surface area contributed by atoms with Crippen molar-refractivity contribution in [3.05, 3.63) is 59.2 Å². The minimum atomic E-state index is -3.69. The van der Waals surface area contributed by atoms with Gasteiger partial charge in [-0.05, 0) is 43.7 Å². The molecular formula is C16H17NO4S. The van der Waals surface area contributed by atoms with Crippen molar-refractivity contribution in [3.8, 4) is 0 Å². The predicted octanol–water partition coefficient (Wildman–Crippen LogP) is 2.89. The number of esters is 1. The van der Waals surface area contributed by atoms with Crippen LogP contribution in [0.1, 0.15) is 21.5 Å². The van der Waals surface area contributed by atoms with Crippen molar-refractivity contribution in [3.63, 3.8) is 0 Å². The highest BCUT2D eigenvalue weighted by molar-refractivity contribution is 7.92. The SMILES string of the molecule is COC(=O)c1cc(NS(=O)(=O)c2ccc(C)cc2)ccc1C. The number of ether oxygens (including phenoxy) is 1. The van der Waals surface area contributed by atoms with Gasteiger partial charge in [-0.3, -0.25) is 4.72 Å². The highest BCUT2D eigenvalue weighted by atomic mass is 32.2. The van der Waals surface area contributed by atoms with E-state index >= 15 is 0 Å². The van der Waals surface area contributed by atoms with Gasteiger partial charge in [-0.25, -0.2) is 13.2 Å². The maximum atomic E-state index is 12.3. The number of rotatable bonds is 4.